The standard InChI is InChI=1S/C17H22N4O2S/c1-10-6-7-12-13(8-10)24-16-15(12)17(23)21(20-19-16)9-14(22)18-11-4-2-3-5-11/h10-11H,2-9H2,1H3,(H,18,22)/t10-/m1/s1. The van der Waals surface area contributed by atoms with Crippen molar-refractivity contribution in [2.24, 2.45) is 5.92 Å². The van der Waals surface area contributed by atoms with Gasteiger partial charge >= 0.3 is 0 Å². The predicted octanol–water partition coefficient (Wildman–Crippen LogP) is 2.04. The molecule has 1 fully saturated rings. The van der Waals surface area contributed by atoms with Gasteiger partial charge in [-0.05, 0) is 43.6 Å². The Hall–Kier alpha value is -1.76. The number of nitrogens with zero attached hydrogens (tertiary/aromatic N) is 3. The fourth-order valence-electron chi connectivity index (χ4n) is 3.87. The molecule has 24 heavy (non-hydrogen) atoms. The summed E-state index contributed by atoms with van der Waals surface area (Å²) in [7, 11) is 0. The van der Waals surface area contributed by atoms with Crippen molar-refractivity contribution in [1.29, 1.82) is 0 Å². The van der Waals surface area contributed by atoms with Crippen LogP contribution in [0.25, 0.3) is 10.2 Å². The van der Waals surface area contributed by atoms with E-state index in [0.29, 0.717) is 16.1 Å². The van der Waals surface area contributed by atoms with Crippen LogP contribution < -0.4 is 10.9 Å². The Morgan fingerprint density at radius 2 is 2.12 bits per heavy atom. The van der Waals surface area contributed by atoms with Gasteiger partial charge in [0.1, 0.15) is 6.54 Å². The molecule has 1 N–H and O–H groups in total. The zero-order valence-corrected chi connectivity index (χ0v) is 14.7. The summed E-state index contributed by atoms with van der Waals surface area (Å²) in [6.07, 6.45) is 7.42. The maximum atomic E-state index is 12.8. The number of nitrogens with one attached hydrogen (secondary N) is 1. The Kier molecular flexibility index (Phi) is 4.12. The zero-order chi connectivity index (χ0) is 16.7. The molecule has 7 heteroatoms. The first-order valence-electron chi connectivity index (χ1n) is 8.79. The molecule has 4 rings (SSSR count). The lowest BCUT2D eigenvalue weighted by atomic mass is 9.89. The van der Waals surface area contributed by atoms with E-state index in [-0.39, 0.29) is 24.1 Å². The van der Waals surface area contributed by atoms with Crippen LogP contribution >= 0.6 is 11.3 Å². The molecule has 2 aliphatic carbocycles. The molecule has 2 aliphatic rings. The minimum absolute atomic E-state index is 0.0424. The van der Waals surface area contributed by atoms with E-state index in [1.165, 1.54) is 9.56 Å². The average Bonchev–Trinajstić information content (AvgIpc) is 3.16. The normalized spacial score (nSPS) is 21.1. The van der Waals surface area contributed by atoms with Gasteiger partial charge < -0.3 is 5.32 Å². The Morgan fingerprint density at radius 1 is 1.33 bits per heavy atom. The molecule has 0 unspecified atom stereocenters. The van der Waals surface area contributed by atoms with E-state index in [9.17, 15) is 9.59 Å². The molecule has 1 atom stereocenters. The molecule has 0 radical (unpaired) electrons. The third-order valence-electron chi connectivity index (χ3n) is 5.20. The van der Waals surface area contributed by atoms with Gasteiger partial charge in [-0.3, -0.25) is 9.59 Å². The van der Waals surface area contributed by atoms with Crippen molar-refractivity contribution in [3.05, 3.63) is 20.8 Å². The van der Waals surface area contributed by atoms with Crippen molar-refractivity contribution in [2.45, 2.75) is 64.5 Å². The monoisotopic (exact) mass is 346 g/mol. The van der Waals surface area contributed by atoms with Gasteiger partial charge in [-0.2, -0.15) is 0 Å². The summed E-state index contributed by atoms with van der Waals surface area (Å²) in [5, 5.41) is 11.9. The molecule has 0 aliphatic heterocycles. The van der Waals surface area contributed by atoms with Crippen LogP contribution in [0.15, 0.2) is 4.79 Å². The Morgan fingerprint density at radius 3 is 2.92 bits per heavy atom. The minimum Gasteiger partial charge on any atom is -0.352 e. The summed E-state index contributed by atoms with van der Waals surface area (Å²) in [5.74, 6) is 0.508. The van der Waals surface area contributed by atoms with Crippen molar-refractivity contribution in [1.82, 2.24) is 20.3 Å². The smallest absolute Gasteiger partial charge is 0.279 e. The predicted molar refractivity (Wildman–Crippen MR) is 93.3 cm³/mol. The number of hydrogen-bond donors (Lipinski definition) is 1. The quantitative estimate of drug-likeness (QED) is 0.923. The van der Waals surface area contributed by atoms with E-state index in [4.69, 9.17) is 0 Å². The molecule has 0 spiro atoms. The Labute approximate surface area is 144 Å². The molecule has 6 nitrogen and oxygen atoms in total. The number of hydrogen-bond acceptors (Lipinski definition) is 5. The Balaban J connectivity index is 1.61. The first kappa shape index (κ1) is 15.7. The van der Waals surface area contributed by atoms with Crippen LogP contribution in [0.5, 0.6) is 0 Å². The lowest BCUT2D eigenvalue weighted by molar-refractivity contribution is -0.122. The van der Waals surface area contributed by atoms with Gasteiger partial charge in [0.15, 0.2) is 4.83 Å². The summed E-state index contributed by atoms with van der Waals surface area (Å²) in [6, 6.07) is 0.250. The molecule has 2 aromatic heterocycles. The van der Waals surface area contributed by atoms with E-state index >= 15 is 0 Å². The van der Waals surface area contributed by atoms with Crippen LogP contribution in [-0.2, 0) is 24.2 Å². The largest absolute Gasteiger partial charge is 0.352 e. The summed E-state index contributed by atoms with van der Waals surface area (Å²) in [6.45, 7) is 2.20. The van der Waals surface area contributed by atoms with E-state index in [2.05, 4.69) is 22.6 Å². The van der Waals surface area contributed by atoms with Crippen LogP contribution in [0.3, 0.4) is 0 Å². The molecule has 0 bridgehead atoms. The highest BCUT2D eigenvalue weighted by Crippen LogP contribution is 2.35. The van der Waals surface area contributed by atoms with Crippen molar-refractivity contribution in [2.75, 3.05) is 0 Å². The molecule has 1 amide bonds. The number of aromatic nitrogens is 3. The summed E-state index contributed by atoms with van der Waals surface area (Å²) in [5.41, 5.74) is 0.964. The van der Waals surface area contributed by atoms with Crippen molar-refractivity contribution >= 4 is 27.5 Å². The van der Waals surface area contributed by atoms with Gasteiger partial charge in [0.2, 0.25) is 5.91 Å². The van der Waals surface area contributed by atoms with Crippen LogP contribution in [0.2, 0.25) is 0 Å². The van der Waals surface area contributed by atoms with Crippen molar-refractivity contribution in [3.63, 3.8) is 0 Å². The molecule has 0 aromatic carbocycles. The van der Waals surface area contributed by atoms with E-state index in [0.717, 1.165) is 50.5 Å². The van der Waals surface area contributed by atoms with E-state index in [1.807, 2.05) is 0 Å². The second-order valence-corrected chi connectivity index (χ2v) is 8.22. The molecular formula is C17H22N4O2S. The topological polar surface area (TPSA) is 76.9 Å². The first-order chi connectivity index (χ1) is 11.6. The lowest BCUT2D eigenvalue weighted by Gasteiger charge is -2.17. The minimum atomic E-state index is -0.173. The van der Waals surface area contributed by atoms with Gasteiger partial charge in [-0.1, -0.05) is 25.0 Å². The van der Waals surface area contributed by atoms with Gasteiger partial charge in [0.25, 0.3) is 5.56 Å². The van der Waals surface area contributed by atoms with Crippen LogP contribution in [-0.4, -0.2) is 26.9 Å². The summed E-state index contributed by atoms with van der Waals surface area (Å²) < 4.78 is 1.22. The molecular weight excluding hydrogens is 324 g/mol. The van der Waals surface area contributed by atoms with Crippen molar-refractivity contribution in [3.8, 4) is 0 Å². The fraction of sp³-hybridized carbons (Fsp3) is 0.647. The second-order valence-electron chi connectivity index (χ2n) is 7.13. The number of fused-ring (bicyclic) bond motifs is 3. The maximum Gasteiger partial charge on any atom is 0.279 e. The fourth-order valence-corrected chi connectivity index (χ4v) is 5.19. The van der Waals surface area contributed by atoms with Gasteiger partial charge in [-0.25, -0.2) is 4.68 Å². The second kappa shape index (κ2) is 6.27. The number of aryl methyl sites for hydroxylation is 1. The number of carbonyl (C=O) groups is 1. The van der Waals surface area contributed by atoms with E-state index in [1.54, 1.807) is 11.3 Å². The third kappa shape index (κ3) is 2.85. The number of carbonyl (C=O) groups excluding carboxylic acids is 1. The third-order valence-corrected chi connectivity index (χ3v) is 6.34. The zero-order valence-electron chi connectivity index (χ0n) is 13.9. The van der Waals surface area contributed by atoms with E-state index < -0.39 is 0 Å². The highest BCUT2D eigenvalue weighted by molar-refractivity contribution is 7.18. The van der Waals surface area contributed by atoms with Gasteiger partial charge in [-0.15, -0.1) is 16.4 Å². The molecule has 2 aromatic rings. The first-order valence-corrected chi connectivity index (χ1v) is 9.61. The van der Waals surface area contributed by atoms with Crippen molar-refractivity contribution < 1.29 is 4.79 Å². The summed E-state index contributed by atoms with van der Waals surface area (Å²) in [4.78, 5) is 27.0. The molecule has 128 valence electrons. The SMILES string of the molecule is C[C@@H]1CCc2c(sc3nnn(CC(=O)NC4CCCC4)c(=O)c23)C1. The van der Waals surface area contributed by atoms with Crippen LogP contribution in [0.1, 0.15) is 49.5 Å². The van der Waals surface area contributed by atoms with Crippen LogP contribution in [0.4, 0.5) is 0 Å². The molecule has 1 saturated carbocycles. The summed E-state index contributed by atoms with van der Waals surface area (Å²) >= 11 is 1.58. The highest BCUT2D eigenvalue weighted by atomic mass is 32.1. The maximum absolute atomic E-state index is 12.8. The molecule has 2 heterocycles. The number of rotatable bonds is 3. The van der Waals surface area contributed by atoms with Crippen LogP contribution in [0, 0.1) is 5.92 Å². The van der Waals surface area contributed by atoms with Gasteiger partial charge in [0, 0.05) is 10.9 Å². The van der Waals surface area contributed by atoms with Gasteiger partial charge in [0.05, 0.1) is 5.39 Å². The number of thiophene rings is 1. The Bertz CT molecular complexity index is 835. The average molecular weight is 346 g/mol. The highest BCUT2D eigenvalue weighted by Gasteiger charge is 2.24. The lowest BCUT2D eigenvalue weighted by Crippen LogP contribution is -2.38. The number of amides is 1. The molecule has 0 saturated heterocycles.